The zero-order valence-corrected chi connectivity index (χ0v) is 14.8. The van der Waals surface area contributed by atoms with Gasteiger partial charge >= 0.3 is 11.2 Å². The summed E-state index contributed by atoms with van der Waals surface area (Å²) in [7, 11) is 1.75. The predicted octanol–water partition coefficient (Wildman–Crippen LogP) is 2.24. The first-order valence-electron chi connectivity index (χ1n) is 8.29. The van der Waals surface area contributed by atoms with E-state index in [1.54, 1.807) is 30.1 Å². The van der Waals surface area contributed by atoms with Crippen molar-refractivity contribution in [2.45, 2.75) is 39.3 Å². The van der Waals surface area contributed by atoms with E-state index in [0.717, 1.165) is 6.42 Å². The molecule has 0 unspecified atom stereocenters. The summed E-state index contributed by atoms with van der Waals surface area (Å²) in [6.07, 6.45) is 2.31. The lowest BCUT2D eigenvalue weighted by Gasteiger charge is -2.54. The van der Waals surface area contributed by atoms with Gasteiger partial charge < -0.3 is 9.64 Å². The van der Waals surface area contributed by atoms with Gasteiger partial charge in [-0.15, -0.1) is 0 Å². The summed E-state index contributed by atoms with van der Waals surface area (Å²) in [6, 6.07) is 5.05. The summed E-state index contributed by atoms with van der Waals surface area (Å²) in [6.45, 7) is 6.71. The minimum atomic E-state index is -0.670. The molecule has 0 saturated heterocycles. The van der Waals surface area contributed by atoms with Crippen LogP contribution in [0.5, 0.6) is 0 Å². The van der Waals surface area contributed by atoms with E-state index in [-0.39, 0.29) is 23.4 Å². The second kappa shape index (κ2) is 6.11. The van der Waals surface area contributed by atoms with Crippen LogP contribution in [0.3, 0.4) is 0 Å². The average Bonchev–Trinajstić information content (AvgIpc) is 2.57. The molecule has 8 nitrogen and oxygen atoms in total. The topological polar surface area (TPSA) is 90.0 Å². The molecule has 0 bridgehead atoms. The summed E-state index contributed by atoms with van der Waals surface area (Å²) in [4.78, 5) is 29.6. The van der Waals surface area contributed by atoms with Gasteiger partial charge in [-0.25, -0.2) is 4.98 Å². The van der Waals surface area contributed by atoms with Gasteiger partial charge in [0.2, 0.25) is 5.82 Å². The molecular weight excluding hydrogens is 324 g/mol. The number of fused-ring (bicyclic) bond motifs is 1. The molecule has 0 radical (unpaired) electrons. The van der Waals surface area contributed by atoms with Crippen molar-refractivity contribution in [1.82, 2.24) is 9.38 Å². The van der Waals surface area contributed by atoms with Crippen LogP contribution in [0, 0.1) is 15.5 Å². The first kappa shape index (κ1) is 17.3. The Morgan fingerprint density at radius 3 is 2.80 bits per heavy atom. The van der Waals surface area contributed by atoms with Crippen LogP contribution in [0.2, 0.25) is 0 Å². The van der Waals surface area contributed by atoms with Crippen LogP contribution in [0.4, 0.5) is 11.5 Å². The Morgan fingerprint density at radius 2 is 2.20 bits per heavy atom. The maximum absolute atomic E-state index is 12.6. The van der Waals surface area contributed by atoms with Crippen molar-refractivity contribution in [3.63, 3.8) is 0 Å². The molecule has 134 valence electrons. The molecule has 1 fully saturated rings. The van der Waals surface area contributed by atoms with Crippen LogP contribution in [-0.4, -0.2) is 40.1 Å². The molecule has 1 aliphatic carbocycles. The third-order valence-corrected chi connectivity index (χ3v) is 5.17. The van der Waals surface area contributed by atoms with Crippen LogP contribution in [0.25, 0.3) is 5.65 Å². The molecule has 2 aromatic heterocycles. The van der Waals surface area contributed by atoms with E-state index in [1.807, 2.05) is 6.92 Å². The summed E-state index contributed by atoms with van der Waals surface area (Å²) < 4.78 is 6.93. The van der Waals surface area contributed by atoms with Crippen LogP contribution in [0.15, 0.2) is 29.2 Å². The lowest BCUT2D eigenvalue weighted by atomic mass is 9.64. The number of nitrogens with zero attached hydrogens (tertiary/aromatic N) is 4. The molecular formula is C17H22N4O4. The quantitative estimate of drug-likeness (QED) is 0.609. The maximum Gasteiger partial charge on any atom is 0.376 e. The van der Waals surface area contributed by atoms with E-state index in [9.17, 15) is 14.9 Å². The van der Waals surface area contributed by atoms with Crippen LogP contribution in [0.1, 0.15) is 27.2 Å². The van der Waals surface area contributed by atoms with E-state index >= 15 is 0 Å². The second-order valence-corrected chi connectivity index (χ2v) is 6.90. The van der Waals surface area contributed by atoms with Crippen molar-refractivity contribution in [2.24, 2.45) is 5.41 Å². The van der Waals surface area contributed by atoms with Crippen molar-refractivity contribution in [1.29, 1.82) is 0 Å². The van der Waals surface area contributed by atoms with Crippen molar-refractivity contribution >= 4 is 17.2 Å². The standard InChI is InChI=1S/C17H22N4O4/c1-5-25-12-10-11(17(12,2)3)19(4)15-14(21(23)24)16(22)20-9-7-6-8-13(20)18-15/h6-9,11-12H,5,10H2,1-4H3/t11-,12+/m0/s1. The summed E-state index contributed by atoms with van der Waals surface area (Å²) in [5, 5.41) is 11.5. The van der Waals surface area contributed by atoms with Crippen LogP contribution >= 0.6 is 0 Å². The highest BCUT2D eigenvalue weighted by atomic mass is 16.6. The summed E-state index contributed by atoms with van der Waals surface area (Å²) in [5.41, 5.74) is -0.974. The van der Waals surface area contributed by atoms with E-state index in [1.165, 1.54) is 10.6 Å². The average molecular weight is 346 g/mol. The SMILES string of the molecule is CCO[C@@H]1C[C@H](N(C)c2nc3ccccn3c(=O)c2[N+](=O)[O-])C1(C)C. The zero-order chi connectivity index (χ0) is 18.4. The highest BCUT2D eigenvalue weighted by Gasteiger charge is 2.52. The third kappa shape index (κ3) is 2.66. The van der Waals surface area contributed by atoms with Gasteiger partial charge in [-0.3, -0.25) is 19.3 Å². The van der Waals surface area contributed by atoms with Crippen molar-refractivity contribution < 1.29 is 9.66 Å². The number of pyridine rings is 1. The number of anilines is 1. The Hall–Kier alpha value is -2.48. The van der Waals surface area contributed by atoms with Crippen LogP contribution < -0.4 is 10.5 Å². The number of hydrogen-bond acceptors (Lipinski definition) is 6. The number of rotatable bonds is 5. The van der Waals surface area contributed by atoms with E-state index in [4.69, 9.17) is 4.74 Å². The van der Waals surface area contributed by atoms with Gasteiger partial charge in [-0.2, -0.15) is 0 Å². The molecule has 0 amide bonds. The molecule has 3 rings (SSSR count). The number of nitro groups is 1. The molecule has 2 atom stereocenters. The molecule has 0 aliphatic heterocycles. The summed E-state index contributed by atoms with van der Waals surface area (Å²) >= 11 is 0. The van der Waals surface area contributed by atoms with Gasteiger partial charge in [-0.1, -0.05) is 19.9 Å². The molecule has 2 aromatic rings. The number of hydrogen-bond donors (Lipinski definition) is 0. The smallest absolute Gasteiger partial charge is 0.376 e. The monoisotopic (exact) mass is 346 g/mol. The Morgan fingerprint density at radius 1 is 1.48 bits per heavy atom. The highest BCUT2D eigenvalue weighted by Crippen LogP contribution is 2.47. The minimum Gasteiger partial charge on any atom is -0.378 e. The molecule has 1 aliphatic rings. The van der Waals surface area contributed by atoms with Gasteiger partial charge in [0.1, 0.15) is 5.65 Å². The Bertz CT molecular complexity index is 877. The number of aromatic nitrogens is 2. The normalized spacial score (nSPS) is 21.8. The third-order valence-electron chi connectivity index (χ3n) is 5.17. The Labute approximate surface area is 145 Å². The predicted molar refractivity (Wildman–Crippen MR) is 94.1 cm³/mol. The molecule has 1 saturated carbocycles. The minimum absolute atomic E-state index is 0.000752. The number of ether oxygens (including phenoxy) is 1. The molecule has 0 N–H and O–H groups in total. The fraction of sp³-hybridized carbons (Fsp3) is 0.529. The first-order valence-corrected chi connectivity index (χ1v) is 8.29. The van der Waals surface area contributed by atoms with Crippen molar-refractivity contribution in [3.05, 3.63) is 44.9 Å². The molecule has 0 aromatic carbocycles. The Balaban J connectivity index is 2.08. The zero-order valence-electron chi connectivity index (χ0n) is 14.8. The van der Waals surface area contributed by atoms with Gasteiger partial charge in [0, 0.05) is 31.3 Å². The maximum atomic E-state index is 12.6. The second-order valence-electron chi connectivity index (χ2n) is 6.90. The Kier molecular flexibility index (Phi) is 4.24. The molecule has 2 heterocycles. The van der Waals surface area contributed by atoms with Crippen LogP contribution in [-0.2, 0) is 4.74 Å². The van der Waals surface area contributed by atoms with E-state index < -0.39 is 16.2 Å². The fourth-order valence-electron chi connectivity index (χ4n) is 3.63. The molecule has 8 heteroatoms. The fourth-order valence-corrected chi connectivity index (χ4v) is 3.63. The van der Waals surface area contributed by atoms with Gasteiger partial charge in [0.25, 0.3) is 0 Å². The van der Waals surface area contributed by atoms with Crippen molar-refractivity contribution in [2.75, 3.05) is 18.6 Å². The first-order chi connectivity index (χ1) is 11.8. The van der Waals surface area contributed by atoms with Gasteiger partial charge in [-0.05, 0) is 25.5 Å². The summed E-state index contributed by atoms with van der Waals surface area (Å²) in [5.74, 6) is 0.106. The lowest BCUT2D eigenvalue weighted by Crippen LogP contribution is -2.61. The van der Waals surface area contributed by atoms with Gasteiger partial charge in [0.05, 0.1) is 11.0 Å². The van der Waals surface area contributed by atoms with E-state index in [2.05, 4.69) is 18.8 Å². The molecule has 0 spiro atoms. The lowest BCUT2D eigenvalue weighted by molar-refractivity contribution is -0.385. The van der Waals surface area contributed by atoms with Crippen molar-refractivity contribution in [3.8, 4) is 0 Å². The van der Waals surface area contributed by atoms with E-state index in [0.29, 0.717) is 12.3 Å². The van der Waals surface area contributed by atoms with Gasteiger partial charge in [0.15, 0.2) is 0 Å². The highest BCUT2D eigenvalue weighted by molar-refractivity contribution is 5.62. The largest absolute Gasteiger partial charge is 0.378 e. The molecule has 25 heavy (non-hydrogen) atoms.